The van der Waals surface area contributed by atoms with Crippen LogP contribution in [0.3, 0.4) is 0 Å². The van der Waals surface area contributed by atoms with Crippen molar-refractivity contribution in [3.8, 4) is 5.75 Å². The van der Waals surface area contributed by atoms with Crippen LogP contribution in [0.25, 0.3) is 0 Å². The maximum Gasteiger partial charge on any atom is 0.491 e. The summed E-state index contributed by atoms with van der Waals surface area (Å²) < 4.78 is 125. The van der Waals surface area contributed by atoms with Crippen LogP contribution in [0.4, 0.5) is 39.5 Å². The summed E-state index contributed by atoms with van der Waals surface area (Å²) in [5.74, 6) is -7.45. The molecule has 1 saturated heterocycles. The van der Waals surface area contributed by atoms with Gasteiger partial charge in [-0.25, -0.2) is 4.79 Å². The van der Waals surface area contributed by atoms with Crippen LogP contribution in [0, 0.1) is 0 Å². The molecule has 2 aromatic rings. The van der Waals surface area contributed by atoms with Crippen molar-refractivity contribution in [2.75, 3.05) is 33.3 Å². The van der Waals surface area contributed by atoms with Gasteiger partial charge in [-0.15, -0.1) is 0 Å². The van der Waals surface area contributed by atoms with Crippen LogP contribution in [-0.4, -0.2) is 72.3 Å². The minimum Gasteiger partial charge on any atom is -0.418 e. The monoisotopic (exact) mass is 654 g/mol. The molecule has 0 bridgehead atoms. The van der Waals surface area contributed by atoms with Gasteiger partial charge in [0.1, 0.15) is 0 Å². The van der Waals surface area contributed by atoms with E-state index in [2.05, 4.69) is 4.74 Å². The molecule has 1 heterocycles. The third-order valence-electron chi connectivity index (χ3n) is 6.64. The highest BCUT2D eigenvalue weighted by atomic mass is 35.5. The number of rotatable bonds is 6. The molecule has 0 saturated carbocycles. The fourth-order valence-corrected chi connectivity index (χ4v) is 4.96. The normalized spacial score (nSPS) is 18.6. The Hall–Kier alpha value is -2.75. The molecule has 2 atom stereocenters. The summed E-state index contributed by atoms with van der Waals surface area (Å²) in [6.45, 7) is 0.328. The lowest BCUT2D eigenvalue weighted by Gasteiger charge is -2.43. The van der Waals surface area contributed by atoms with E-state index in [4.69, 9.17) is 23.2 Å². The van der Waals surface area contributed by atoms with E-state index in [1.807, 2.05) is 0 Å². The lowest BCUT2D eigenvalue weighted by atomic mass is 9.84. The highest BCUT2D eigenvalue weighted by Gasteiger charge is 2.47. The van der Waals surface area contributed by atoms with Gasteiger partial charge in [0.25, 0.3) is 5.91 Å². The number of halogens is 11. The second kappa shape index (κ2) is 12.5. The fraction of sp³-hybridized carbons (Fsp3) is 0.440. The van der Waals surface area contributed by atoms with Crippen molar-refractivity contribution in [3.05, 3.63) is 62.6 Å². The Morgan fingerprint density at radius 3 is 2.17 bits per heavy atom. The molecule has 42 heavy (non-hydrogen) atoms. The minimum atomic E-state index is -5.84. The molecule has 232 valence electrons. The van der Waals surface area contributed by atoms with Gasteiger partial charge in [0.2, 0.25) is 0 Å². The molecular weight excluding hydrogens is 634 g/mol. The molecule has 1 N–H and O–H groups in total. The summed E-state index contributed by atoms with van der Waals surface area (Å²) in [6, 6.07) is 2.84. The molecule has 0 aromatic heterocycles. The lowest BCUT2D eigenvalue weighted by Crippen LogP contribution is -2.51. The molecule has 0 aliphatic carbocycles. The molecule has 17 heteroatoms. The van der Waals surface area contributed by atoms with Gasteiger partial charge >= 0.3 is 24.5 Å². The van der Waals surface area contributed by atoms with Gasteiger partial charge in [-0.05, 0) is 36.2 Å². The van der Waals surface area contributed by atoms with Gasteiger partial charge in [0.05, 0.1) is 33.3 Å². The quantitative estimate of drug-likeness (QED) is 0.221. The third kappa shape index (κ3) is 7.60. The molecule has 1 fully saturated rings. The maximum absolute atomic E-state index is 13.8. The predicted octanol–water partition coefficient (Wildman–Crippen LogP) is 6.42. The number of ether oxygens (including phenoxy) is 1. The second-order valence-electron chi connectivity index (χ2n) is 9.36. The zero-order valence-electron chi connectivity index (χ0n) is 21.3. The number of likely N-dealkylation sites (N-methyl/N-ethyl adjacent to an activating group) is 1. The number of carbonyl (C=O) groups excluding carboxylic acids is 2. The van der Waals surface area contributed by atoms with Crippen LogP contribution >= 0.6 is 23.2 Å². The average molecular weight is 655 g/mol. The van der Waals surface area contributed by atoms with Gasteiger partial charge in [-0.1, -0.05) is 29.3 Å². The van der Waals surface area contributed by atoms with Gasteiger partial charge in [0, 0.05) is 38.6 Å². The van der Waals surface area contributed by atoms with Crippen molar-refractivity contribution in [2.45, 2.75) is 36.9 Å². The Labute approximate surface area is 242 Å². The molecule has 0 radical (unpaired) electrons. The summed E-state index contributed by atoms with van der Waals surface area (Å²) >= 11 is 12.1. The zero-order valence-corrected chi connectivity index (χ0v) is 22.8. The van der Waals surface area contributed by atoms with Crippen molar-refractivity contribution in [3.63, 3.8) is 0 Å². The van der Waals surface area contributed by atoms with E-state index in [1.165, 1.54) is 18.2 Å². The number of aliphatic hydroxyl groups is 1. The van der Waals surface area contributed by atoms with Crippen LogP contribution in [0.1, 0.15) is 39.4 Å². The first-order valence-electron chi connectivity index (χ1n) is 11.9. The number of β-amino-alcohol motifs (C(OH)–C–C–N with tert-alkyl or cyclic N) is 1. The first kappa shape index (κ1) is 33.7. The van der Waals surface area contributed by atoms with Gasteiger partial charge in [-0.3, -0.25) is 4.79 Å². The Morgan fingerprint density at radius 2 is 1.64 bits per heavy atom. The van der Waals surface area contributed by atoms with Gasteiger partial charge in [0.15, 0.2) is 5.75 Å². The molecular formula is C25H21Cl2F9N2O4. The SMILES string of the molecule is CN(C(=O)c1cc(C(F)(F)F)cc(C(F)(F)F)c1OC(=O)C(F)(F)F)[C@@H]1CCN(CCO)C[C@H]1c1ccc(Cl)c(Cl)c1. The number of alkyl halides is 9. The van der Waals surface area contributed by atoms with Gasteiger partial charge in [-0.2, -0.15) is 39.5 Å². The third-order valence-corrected chi connectivity index (χ3v) is 7.38. The Balaban J connectivity index is 2.17. The van der Waals surface area contributed by atoms with Crippen molar-refractivity contribution in [1.29, 1.82) is 0 Å². The summed E-state index contributed by atoms with van der Waals surface area (Å²) in [5.41, 5.74) is -5.48. The average Bonchev–Trinajstić information content (AvgIpc) is 2.87. The number of aliphatic hydroxyl groups excluding tert-OH is 1. The standard InChI is InChI=1S/C25H21Cl2F9N2O4/c1-37(19-4-5-38(6-7-39)11-15(19)12-2-3-17(26)18(27)8-12)21(40)14-9-13(23(28,29)30)10-16(24(31,32)33)20(14)42-22(41)25(34,35)36/h2-3,8-10,15,19,39H,4-7,11H2,1H3/t15-,19+/m0/s1. The van der Waals surface area contributed by atoms with Crippen LogP contribution in [0.2, 0.25) is 10.0 Å². The Morgan fingerprint density at radius 1 is 1.00 bits per heavy atom. The molecule has 1 aliphatic rings. The van der Waals surface area contributed by atoms with Gasteiger partial charge < -0.3 is 19.6 Å². The number of esters is 1. The summed E-state index contributed by atoms with van der Waals surface area (Å²) in [6.07, 6.45) is -17.0. The topological polar surface area (TPSA) is 70.1 Å². The number of hydrogen-bond acceptors (Lipinski definition) is 5. The smallest absolute Gasteiger partial charge is 0.418 e. The van der Waals surface area contributed by atoms with Crippen LogP contribution in [0.15, 0.2) is 30.3 Å². The fourth-order valence-electron chi connectivity index (χ4n) is 4.65. The lowest BCUT2D eigenvalue weighted by molar-refractivity contribution is -0.190. The number of piperidine rings is 1. The second-order valence-corrected chi connectivity index (χ2v) is 10.2. The van der Waals surface area contributed by atoms with E-state index in [1.54, 1.807) is 4.90 Å². The molecule has 1 amide bonds. The van der Waals surface area contributed by atoms with E-state index >= 15 is 0 Å². The number of hydrogen-bond donors (Lipinski definition) is 1. The van der Waals surface area contributed by atoms with E-state index in [-0.39, 0.29) is 48.8 Å². The van der Waals surface area contributed by atoms with Crippen LogP contribution in [0.5, 0.6) is 5.75 Å². The van der Waals surface area contributed by atoms with E-state index in [0.717, 1.165) is 11.9 Å². The summed E-state index contributed by atoms with van der Waals surface area (Å²) in [7, 11) is 1.04. The predicted molar refractivity (Wildman–Crippen MR) is 131 cm³/mol. The number of nitrogens with zero attached hydrogens (tertiary/aromatic N) is 2. The Bertz CT molecular complexity index is 1330. The highest BCUT2D eigenvalue weighted by Crippen LogP contribution is 2.44. The first-order chi connectivity index (χ1) is 19.3. The number of amides is 1. The Kier molecular flexibility index (Phi) is 10.0. The largest absolute Gasteiger partial charge is 0.491 e. The van der Waals surface area contributed by atoms with Crippen LogP contribution < -0.4 is 4.74 Å². The number of likely N-dealkylation sites (tertiary alicyclic amines) is 1. The minimum absolute atomic E-state index is 0.0793. The number of benzene rings is 2. The van der Waals surface area contributed by atoms with E-state index in [9.17, 15) is 54.2 Å². The van der Waals surface area contributed by atoms with Crippen LogP contribution in [-0.2, 0) is 17.1 Å². The zero-order chi connectivity index (χ0) is 31.8. The maximum atomic E-state index is 13.8. The van der Waals surface area contributed by atoms with Crippen molar-refractivity contribution < 1.29 is 58.9 Å². The summed E-state index contributed by atoms with van der Waals surface area (Å²) in [4.78, 5) is 27.7. The van der Waals surface area contributed by atoms with E-state index < -0.39 is 70.9 Å². The molecule has 0 unspecified atom stereocenters. The first-order valence-corrected chi connectivity index (χ1v) is 12.7. The van der Waals surface area contributed by atoms with Crippen molar-refractivity contribution >= 4 is 35.1 Å². The number of carbonyl (C=O) groups is 2. The van der Waals surface area contributed by atoms with Crippen molar-refractivity contribution in [1.82, 2.24) is 9.80 Å². The molecule has 2 aromatic carbocycles. The summed E-state index contributed by atoms with van der Waals surface area (Å²) in [5, 5.41) is 9.64. The molecule has 6 nitrogen and oxygen atoms in total. The molecule has 0 spiro atoms. The highest BCUT2D eigenvalue weighted by molar-refractivity contribution is 6.42. The van der Waals surface area contributed by atoms with E-state index in [0.29, 0.717) is 5.56 Å². The van der Waals surface area contributed by atoms with Crippen molar-refractivity contribution in [2.24, 2.45) is 0 Å². The molecule has 3 rings (SSSR count). The molecule has 1 aliphatic heterocycles.